The highest BCUT2D eigenvalue weighted by Crippen LogP contribution is 2.22. The molecule has 4 rings (SSSR count). The molecule has 0 fully saturated rings. The summed E-state index contributed by atoms with van der Waals surface area (Å²) >= 11 is 0. The van der Waals surface area contributed by atoms with Crippen molar-refractivity contribution in [2.75, 3.05) is 0 Å². The van der Waals surface area contributed by atoms with Crippen LogP contribution in [0.25, 0.3) is 16.8 Å². The van der Waals surface area contributed by atoms with Crippen LogP contribution in [0, 0.1) is 6.92 Å². The largest absolute Gasteiger partial charge is 0.311 e. The predicted octanol–water partition coefficient (Wildman–Crippen LogP) is 3.98. The van der Waals surface area contributed by atoms with E-state index in [1.807, 2.05) is 43.8 Å². The van der Waals surface area contributed by atoms with Gasteiger partial charge in [0.1, 0.15) is 17.0 Å². The van der Waals surface area contributed by atoms with Crippen LogP contribution in [0.3, 0.4) is 0 Å². The monoisotopic (exact) mass is 336 g/mol. The Balaban J connectivity index is 0.000000880. The summed E-state index contributed by atoms with van der Waals surface area (Å²) < 4.78 is 4.10. The van der Waals surface area contributed by atoms with Gasteiger partial charge < -0.3 is 8.97 Å². The minimum absolute atomic E-state index is 0.324. The average Bonchev–Trinajstić information content (AvgIpc) is 3.23. The van der Waals surface area contributed by atoms with Gasteiger partial charge in [-0.1, -0.05) is 33.8 Å². The Kier molecular flexibility index (Phi) is 4.79. The fourth-order valence-electron chi connectivity index (χ4n) is 2.85. The highest BCUT2D eigenvalue weighted by molar-refractivity contribution is 5.74. The normalized spacial score (nSPS) is 11.1. The molecule has 0 atom stereocenters. The van der Waals surface area contributed by atoms with Crippen LogP contribution in [-0.2, 0) is 6.54 Å². The first-order valence-electron chi connectivity index (χ1n) is 8.73. The molecular formula is C19H24N6. The lowest BCUT2D eigenvalue weighted by atomic mass is 10.1. The molecule has 0 aliphatic carbocycles. The van der Waals surface area contributed by atoms with E-state index in [0.29, 0.717) is 5.92 Å². The van der Waals surface area contributed by atoms with E-state index in [-0.39, 0.29) is 0 Å². The lowest BCUT2D eigenvalue weighted by Gasteiger charge is -2.08. The maximum absolute atomic E-state index is 4.60. The van der Waals surface area contributed by atoms with Crippen LogP contribution in [0.15, 0.2) is 37.1 Å². The van der Waals surface area contributed by atoms with E-state index in [0.717, 1.165) is 34.9 Å². The molecular weight excluding hydrogens is 312 g/mol. The van der Waals surface area contributed by atoms with Gasteiger partial charge in [-0.05, 0) is 24.5 Å². The van der Waals surface area contributed by atoms with Crippen molar-refractivity contribution < 1.29 is 0 Å². The van der Waals surface area contributed by atoms with Crippen molar-refractivity contribution in [3.8, 4) is 0 Å². The van der Waals surface area contributed by atoms with Gasteiger partial charge in [0.15, 0.2) is 5.65 Å². The summed E-state index contributed by atoms with van der Waals surface area (Å²) in [6.07, 6.45) is 7.69. The number of aryl methyl sites for hydroxylation is 1. The van der Waals surface area contributed by atoms with Crippen molar-refractivity contribution in [2.45, 2.75) is 47.1 Å². The third-order valence-corrected chi connectivity index (χ3v) is 3.95. The number of imidazole rings is 2. The molecule has 6 nitrogen and oxygen atoms in total. The molecule has 4 aromatic rings. The molecule has 0 amide bonds. The Hall–Kier alpha value is -2.76. The SMILES string of the molecule is CC.Cc1nc(C(C)C)c2ncn(Cc3ccc4nccn4c3)c2n1. The van der Waals surface area contributed by atoms with Gasteiger partial charge in [0.05, 0.1) is 18.6 Å². The van der Waals surface area contributed by atoms with Crippen LogP contribution >= 0.6 is 0 Å². The van der Waals surface area contributed by atoms with Gasteiger partial charge in [-0.25, -0.2) is 19.9 Å². The van der Waals surface area contributed by atoms with Gasteiger partial charge in [0.25, 0.3) is 0 Å². The first kappa shape index (κ1) is 17.1. The van der Waals surface area contributed by atoms with E-state index in [1.165, 1.54) is 5.56 Å². The minimum atomic E-state index is 0.324. The van der Waals surface area contributed by atoms with Crippen molar-refractivity contribution in [1.82, 2.24) is 28.9 Å². The summed E-state index contributed by atoms with van der Waals surface area (Å²) in [5.41, 5.74) is 4.93. The quantitative estimate of drug-likeness (QED) is 0.568. The molecule has 0 bridgehead atoms. The summed E-state index contributed by atoms with van der Waals surface area (Å²) in [4.78, 5) is 18.0. The average molecular weight is 336 g/mol. The molecule has 0 spiro atoms. The van der Waals surface area contributed by atoms with Gasteiger partial charge in [-0.15, -0.1) is 0 Å². The molecule has 25 heavy (non-hydrogen) atoms. The summed E-state index contributed by atoms with van der Waals surface area (Å²) in [5.74, 6) is 1.11. The Bertz CT molecular complexity index is 996. The highest BCUT2D eigenvalue weighted by atomic mass is 15.1. The maximum atomic E-state index is 4.60. The van der Waals surface area contributed by atoms with Crippen molar-refractivity contribution in [2.24, 2.45) is 0 Å². The van der Waals surface area contributed by atoms with Gasteiger partial charge in [0, 0.05) is 18.6 Å². The lowest BCUT2D eigenvalue weighted by Crippen LogP contribution is -2.04. The van der Waals surface area contributed by atoms with Crippen LogP contribution < -0.4 is 0 Å². The molecule has 4 aromatic heterocycles. The number of nitrogens with zero attached hydrogens (tertiary/aromatic N) is 6. The van der Waals surface area contributed by atoms with E-state index >= 15 is 0 Å². The van der Waals surface area contributed by atoms with Gasteiger partial charge >= 0.3 is 0 Å². The second-order valence-electron chi connectivity index (χ2n) is 6.09. The molecule has 0 N–H and O–H groups in total. The van der Waals surface area contributed by atoms with Gasteiger partial charge in [-0.2, -0.15) is 0 Å². The molecule has 0 radical (unpaired) electrons. The Morgan fingerprint density at radius 3 is 2.64 bits per heavy atom. The second-order valence-corrected chi connectivity index (χ2v) is 6.09. The molecule has 0 aliphatic rings. The molecule has 6 heteroatoms. The van der Waals surface area contributed by atoms with E-state index < -0.39 is 0 Å². The molecule has 0 unspecified atom stereocenters. The van der Waals surface area contributed by atoms with Crippen LogP contribution in [0.1, 0.15) is 50.7 Å². The van der Waals surface area contributed by atoms with Crippen molar-refractivity contribution in [3.63, 3.8) is 0 Å². The van der Waals surface area contributed by atoms with E-state index in [1.54, 1.807) is 6.20 Å². The fourth-order valence-corrected chi connectivity index (χ4v) is 2.85. The zero-order chi connectivity index (χ0) is 18.0. The zero-order valence-corrected chi connectivity index (χ0v) is 15.4. The standard InChI is InChI=1S/C17H18N6.C2H6/c1-11(2)15-16-17(21-12(3)20-15)23(10-19-16)9-13-4-5-14-18-6-7-22(14)8-13;1-2/h4-8,10-11H,9H2,1-3H3;1-2H3. The summed E-state index contributed by atoms with van der Waals surface area (Å²) in [6, 6.07) is 4.11. The summed E-state index contributed by atoms with van der Waals surface area (Å²) in [7, 11) is 0. The topological polar surface area (TPSA) is 60.9 Å². The second kappa shape index (κ2) is 7.01. The fraction of sp³-hybridized carbons (Fsp3) is 0.368. The minimum Gasteiger partial charge on any atom is -0.311 e. The Morgan fingerprint density at radius 2 is 1.88 bits per heavy atom. The Morgan fingerprint density at radius 1 is 1.08 bits per heavy atom. The van der Waals surface area contributed by atoms with Crippen LogP contribution in [0.4, 0.5) is 0 Å². The van der Waals surface area contributed by atoms with Gasteiger partial charge in [0.2, 0.25) is 0 Å². The van der Waals surface area contributed by atoms with Crippen molar-refractivity contribution in [3.05, 3.63) is 54.1 Å². The van der Waals surface area contributed by atoms with E-state index in [2.05, 4.69) is 50.6 Å². The number of pyridine rings is 1. The number of hydrogen-bond donors (Lipinski definition) is 0. The van der Waals surface area contributed by atoms with Crippen LogP contribution in [0.5, 0.6) is 0 Å². The number of aromatic nitrogens is 6. The lowest BCUT2D eigenvalue weighted by molar-refractivity contribution is 0.793. The number of fused-ring (bicyclic) bond motifs is 2. The third kappa shape index (κ3) is 3.24. The van der Waals surface area contributed by atoms with Crippen LogP contribution in [0.2, 0.25) is 0 Å². The molecule has 4 heterocycles. The summed E-state index contributed by atoms with van der Waals surface area (Å²) in [5, 5.41) is 0. The third-order valence-electron chi connectivity index (χ3n) is 3.95. The molecule has 0 aromatic carbocycles. The molecule has 0 saturated carbocycles. The van der Waals surface area contributed by atoms with E-state index in [4.69, 9.17) is 0 Å². The Labute approximate surface area is 147 Å². The molecule has 0 saturated heterocycles. The highest BCUT2D eigenvalue weighted by Gasteiger charge is 2.14. The molecule has 0 aliphatic heterocycles. The van der Waals surface area contributed by atoms with E-state index in [9.17, 15) is 0 Å². The first-order valence-corrected chi connectivity index (χ1v) is 8.73. The van der Waals surface area contributed by atoms with Crippen LogP contribution in [-0.4, -0.2) is 28.9 Å². The summed E-state index contributed by atoms with van der Waals surface area (Å²) in [6.45, 7) is 10.9. The maximum Gasteiger partial charge on any atom is 0.164 e. The first-order chi connectivity index (χ1) is 12.1. The zero-order valence-electron chi connectivity index (χ0n) is 15.4. The smallest absolute Gasteiger partial charge is 0.164 e. The van der Waals surface area contributed by atoms with Gasteiger partial charge in [-0.3, -0.25) is 0 Å². The predicted molar refractivity (Wildman–Crippen MR) is 99.8 cm³/mol. The number of hydrogen-bond acceptors (Lipinski definition) is 4. The van der Waals surface area contributed by atoms with Crippen molar-refractivity contribution in [1.29, 1.82) is 0 Å². The number of rotatable bonds is 3. The van der Waals surface area contributed by atoms with Crippen molar-refractivity contribution >= 4 is 16.8 Å². The molecule has 130 valence electrons.